The second-order valence-corrected chi connectivity index (χ2v) is 7.12. The highest BCUT2D eigenvalue weighted by Gasteiger charge is 2.22. The fraction of sp³-hybridized carbons (Fsp3) is 0.211. The van der Waals surface area contributed by atoms with Gasteiger partial charge in [0.2, 0.25) is 0 Å². The fourth-order valence-electron chi connectivity index (χ4n) is 3.13. The van der Waals surface area contributed by atoms with Crippen molar-refractivity contribution >= 4 is 23.2 Å². The summed E-state index contributed by atoms with van der Waals surface area (Å²) in [6.07, 6.45) is 4.16. The van der Waals surface area contributed by atoms with Gasteiger partial charge in [0.15, 0.2) is 0 Å². The summed E-state index contributed by atoms with van der Waals surface area (Å²) in [5.41, 5.74) is 3.28. The van der Waals surface area contributed by atoms with E-state index in [0.717, 1.165) is 29.8 Å². The largest absolute Gasteiger partial charge is 0.306 e. The van der Waals surface area contributed by atoms with E-state index in [2.05, 4.69) is 19.9 Å². The second-order valence-electron chi connectivity index (χ2n) is 6.27. The molecule has 5 nitrogen and oxygen atoms in total. The maximum absolute atomic E-state index is 12.6. The number of nitrogens with zero attached hydrogens (tertiary/aromatic N) is 3. The van der Waals surface area contributed by atoms with Gasteiger partial charge in [-0.25, -0.2) is 4.98 Å². The van der Waals surface area contributed by atoms with Crippen molar-refractivity contribution in [1.29, 1.82) is 0 Å². The van der Waals surface area contributed by atoms with Gasteiger partial charge in [0.05, 0.1) is 11.3 Å². The van der Waals surface area contributed by atoms with Crippen LogP contribution in [-0.4, -0.2) is 26.4 Å². The van der Waals surface area contributed by atoms with Gasteiger partial charge in [-0.2, -0.15) is 0 Å². The van der Waals surface area contributed by atoms with Crippen LogP contribution in [0.2, 0.25) is 10.0 Å². The van der Waals surface area contributed by atoms with Gasteiger partial charge in [-0.1, -0.05) is 23.2 Å². The molecule has 1 aromatic carbocycles. The first-order valence-corrected chi connectivity index (χ1v) is 9.04. The van der Waals surface area contributed by atoms with Crippen molar-refractivity contribution in [3.05, 3.63) is 79.9 Å². The van der Waals surface area contributed by atoms with Gasteiger partial charge in [-0.3, -0.25) is 14.7 Å². The number of H-pyrrole nitrogens is 1. The Morgan fingerprint density at radius 2 is 1.96 bits per heavy atom. The number of halogens is 2. The Bertz CT molecular complexity index is 1000. The molecule has 132 valence electrons. The smallest absolute Gasteiger partial charge is 0.255 e. The molecule has 0 bridgehead atoms. The van der Waals surface area contributed by atoms with Gasteiger partial charge >= 0.3 is 0 Å². The van der Waals surface area contributed by atoms with Crippen molar-refractivity contribution in [3.8, 4) is 11.4 Å². The number of aromatic nitrogens is 3. The normalized spacial score (nSPS) is 14.2. The lowest BCUT2D eigenvalue weighted by Gasteiger charge is -2.27. The van der Waals surface area contributed by atoms with Gasteiger partial charge < -0.3 is 4.98 Å². The van der Waals surface area contributed by atoms with E-state index in [1.54, 1.807) is 30.6 Å². The molecule has 0 aliphatic carbocycles. The van der Waals surface area contributed by atoms with Crippen LogP contribution in [0.1, 0.15) is 16.8 Å². The Kier molecular flexibility index (Phi) is 4.76. The minimum atomic E-state index is -0.0954. The Hall–Kier alpha value is -2.21. The number of benzene rings is 1. The van der Waals surface area contributed by atoms with Crippen LogP contribution in [-0.2, 0) is 19.5 Å². The predicted octanol–water partition coefficient (Wildman–Crippen LogP) is 3.70. The predicted molar refractivity (Wildman–Crippen MR) is 102 cm³/mol. The van der Waals surface area contributed by atoms with Crippen LogP contribution in [0.4, 0.5) is 0 Å². The number of pyridine rings is 1. The number of nitrogens with one attached hydrogen (secondary N) is 1. The molecule has 0 saturated carbocycles. The Labute approximate surface area is 160 Å². The van der Waals surface area contributed by atoms with E-state index in [1.165, 1.54) is 0 Å². The van der Waals surface area contributed by atoms with E-state index >= 15 is 0 Å². The molecular formula is C19H16Cl2N4O. The lowest BCUT2D eigenvalue weighted by atomic mass is 10.1. The summed E-state index contributed by atoms with van der Waals surface area (Å²) in [4.78, 5) is 26.5. The van der Waals surface area contributed by atoms with Crippen LogP contribution in [0.5, 0.6) is 0 Å². The number of hydrogen-bond acceptors (Lipinski definition) is 4. The Morgan fingerprint density at radius 1 is 1.15 bits per heavy atom. The molecule has 1 aliphatic heterocycles. The molecule has 0 unspecified atom stereocenters. The van der Waals surface area contributed by atoms with Crippen molar-refractivity contribution in [2.45, 2.75) is 19.5 Å². The van der Waals surface area contributed by atoms with Crippen LogP contribution in [0.3, 0.4) is 0 Å². The molecule has 7 heteroatoms. The van der Waals surface area contributed by atoms with Crippen molar-refractivity contribution < 1.29 is 0 Å². The first-order valence-electron chi connectivity index (χ1n) is 8.29. The molecule has 0 saturated heterocycles. The van der Waals surface area contributed by atoms with Crippen molar-refractivity contribution in [2.75, 3.05) is 6.54 Å². The van der Waals surface area contributed by atoms with Crippen LogP contribution in [0.25, 0.3) is 11.4 Å². The molecule has 3 aromatic rings. The minimum Gasteiger partial charge on any atom is -0.306 e. The summed E-state index contributed by atoms with van der Waals surface area (Å²) in [5, 5.41) is 1.34. The first-order chi connectivity index (χ1) is 12.6. The van der Waals surface area contributed by atoms with E-state index in [-0.39, 0.29) is 5.56 Å². The Balaban J connectivity index is 1.59. The fourth-order valence-corrected chi connectivity index (χ4v) is 3.42. The molecular weight excluding hydrogens is 371 g/mol. The van der Waals surface area contributed by atoms with E-state index in [0.29, 0.717) is 34.5 Å². The van der Waals surface area contributed by atoms with Crippen LogP contribution in [0, 0.1) is 0 Å². The topological polar surface area (TPSA) is 61.9 Å². The number of aromatic amines is 1. The monoisotopic (exact) mass is 386 g/mol. The average molecular weight is 387 g/mol. The quantitative estimate of drug-likeness (QED) is 0.745. The van der Waals surface area contributed by atoms with Gasteiger partial charge in [-0.15, -0.1) is 0 Å². The Morgan fingerprint density at radius 3 is 2.73 bits per heavy atom. The van der Waals surface area contributed by atoms with E-state index in [4.69, 9.17) is 23.2 Å². The minimum absolute atomic E-state index is 0.0954. The number of rotatable bonds is 3. The van der Waals surface area contributed by atoms with Gasteiger partial charge in [-0.05, 0) is 30.3 Å². The highest BCUT2D eigenvalue weighted by molar-refractivity contribution is 6.31. The third-order valence-corrected chi connectivity index (χ3v) is 5.12. The van der Waals surface area contributed by atoms with Gasteiger partial charge in [0.1, 0.15) is 5.82 Å². The summed E-state index contributed by atoms with van der Waals surface area (Å²) in [6.45, 7) is 2.02. The van der Waals surface area contributed by atoms with Gasteiger partial charge in [0.25, 0.3) is 5.56 Å². The maximum Gasteiger partial charge on any atom is 0.255 e. The highest BCUT2D eigenvalue weighted by Crippen LogP contribution is 2.22. The molecule has 3 heterocycles. The van der Waals surface area contributed by atoms with Crippen molar-refractivity contribution in [1.82, 2.24) is 19.9 Å². The zero-order chi connectivity index (χ0) is 18.1. The molecule has 26 heavy (non-hydrogen) atoms. The molecule has 1 aliphatic rings. The lowest BCUT2D eigenvalue weighted by Crippen LogP contribution is -2.35. The van der Waals surface area contributed by atoms with Gasteiger partial charge in [0, 0.05) is 59.6 Å². The summed E-state index contributed by atoms with van der Waals surface area (Å²) in [5.74, 6) is 0.578. The van der Waals surface area contributed by atoms with Crippen LogP contribution < -0.4 is 5.56 Å². The second kappa shape index (κ2) is 7.19. The van der Waals surface area contributed by atoms with Crippen molar-refractivity contribution in [2.24, 2.45) is 0 Å². The molecule has 0 radical (unpaired) electrons. The van der Waals surface area contributed by atoms with E-state index < -0.39 is 0 Å². The van der Waals surface area contributed by atoms with Crippen molar-refractivity contribution in [3.63, 3.8) is 0 Å². The molecule has 4 rings (SSSR count). The number of hydrogen-bond donors (Lipinski definition) is 1. The summed E-state index contributed by atoms with van der Waals surface area (Å²) in [7, 11) is 0. The third-order valence-electron chi connectivity index (χ3n) is 4.50. The maximum atomic E-state index is 12.6. The summed E-state index contributed by atoms with van der Waals surface area (Å²) >= 11 is 12.1. The molecule has 0 atom stereocenters. The zero-order valence-electron chi connectivity index (χ0n) is 13.9. The van der Waals surface area contributed by atoms with E-state index in [1.807, 2.05) is 12.1 Å². The molecule has 2 aromatic heterocycles. The standard InChI is InChI=1S/C19H16Cl2N4O/c20-14-3-1-12(2-4-14)18-23-17-6-8-25(11-15(17)19(26)24-18)10-13-9-22-7-5-16(13)21/h1-5,7,9H,6,8,10-11H2,(H,23,24,26). The molecule has 0 amide bonds. The zero-order valence-corrected chi connectivity index (χ0v) is 15.4. The lowest BCUT2D eigenvalue weighted by molar-refractivity contribution is 0.241. The molecule has 0 fully saturated rings. The van der Waals surface area contributed by atoms with Crippen LogP contribution >= 0.6 is 23.2 Å². The van der Waals surface area contributed by atoms with E-state index in [9.17, 15) is 4.79 Å². The summed E-state index contributed by atoms with van der Waals surface area (Å²) in [6, 6.07) is 9.06. The SMILES string of the molecule is O=c1[nH]c(-c2ccc(Cl)cc2)nc2c1CN(Cc1cnccc1Cl)CC2. The van der Waals surface area contributed by atoms with Crippen LogP contribution in [0.15, 0.2) is 47.5 Å². The first kappa shape index (κ1) is 17.2. The average Bonchev–Trinajstić information content (AvgIpc) is 2.64. The molecule has 1 N–H and O–H groups in total. The third kappa shape index (κ3) is 3.51. The highest BCUT2D eigenvalue weighted by atomic mass is 35.5. The number of fused-ring (bicyclic) bond motifs is 1. The summed E-state index contributed by atoms with van der Waals surface area (Å²) < 4.78 is 0. The molecule has 0 spiro atoms.